The molecule has 1 amide bonds. The first-order valence-electron chi connectivity index (χ1n) is 5.16. The Balaban J connectivity index is 2.34. The summed E-state index contributed by atoms with van der Waals surface area (Å²) in [6.07, 6.45) is 1.79. The minimum absolute atomic E-state index is 0.125. The van der Waals surface area contributed by atoms with Gasteiger partial charge < -0.3 is 5.32 Å². The van der Waals surface area contributed by atoms with Crippen molar-refractivity contribution in [3.05, 3.63) is 17.8 Å². The van der Waals surface area contributed by atoms with E-state index in [1.54, 1.807) is 6.20 Å². The van der Waals surface area contributed by atoms with Gasteiger partial charge in [0.25, 0.3) is 0 Å². The van der Waals surface area contributed by atoms with E-state index < -0.39 is 0 Å². The first-order valence-corrected chi connectivity index (χ1v) is 5.98. The minimum atomic E-state index is -0.125. The lowest BCUT2D eigenvalue weighted by Gasteiger charge is -1.93. The average molecular weight is 246 g/mol. The molecule has 0 saturated carbocycles. The molecule has 0 aliphatic rings. The van der Waals surface area contributed by atoms with Gasteiger partial charge >= 0.3 is 0 Å². The summed E-state index contributed by atoms with van der Waals surface area (Å²) in [4.78, 5) is 16.3. The van der Waals surface area contributed by atoms with Crippen molar-refractivity contribution < 1.29 is 4.79 Å². The van der Waals surface area contributed by atoms with Gasteiger partial charge in [-0.05, 0) is 18.6 Å². The van der Waals surface area contributed by atoms with Crippen molar-refractivity contribution in [1.82, 2.24) is 15.2 Å². The molecule has 0 spiro atoms. The third-order valence-corrected chi connectivity index (χ3v) is 3.69. The Bertz CT molecular complexity index is 728. The highest BCUT2D eigenvalue weighted by Gasteiger charge is 2.15. The largest absolute Gasteiger partial charge is 0.308 e. The molecule has 3 aromatic heterocycles. The van der Waals surface area contributed by atoms with Crippen LogP contribution in [-0.2, 0) is 4.79 Å². The van der Waals surface area contributed by atoms with Gasteiger partial charge in [0, 0.05) is 18.5 Å². The molecule has 0 bridgehead atoms. The molecule has 0 unspecified atom stereocenters. The summed E-state index contributed by atoms with van der Waals surface area (Å²) in [5.41, 5.74) is 2.10. The zero-order chi connectivity index (χ0) is 12.0. The number of anilines is 1. The number of rotatable bonds is 1. The van der Waals surface area contributed by atoms with Crippen LogP contribution in [0.2, 0.25) is 0 Å². The summed E-state index contributed by atoms with van der Waals surface area (Å²) in [6.45, 7) is 3.51. The lowest BCUT2D eigenvalue weighted by Crippen LogP contribution is -2.05. The predicted octanol–water partition coefficient (Wildman–Crippen LogP) is 2.44. The number of fused-ring (bicyclic) bond motifs is 3. The third-order valence-electron chi connectivity index (χ3n) is 2.59. The van der Waals surface area contributed by atoms with E-state index in [0.29, 0.717) is 5.82 Å². The van der Waals surface area contributed by atoms with Crippen LogP contribution in [0, 0.1) is 6.92 Å². The first kappa shape index (κ1) is 10.2. The second-order valence-corrected chi connectivity index (χ2v) is 4.87. The van der Waals surface area contributed by atoms with Crippen molar-refractivity contribution in [3.8, 4) is 0 Å². The van der Waals surface area contributed by atoms with E-state index in [1.807, 2.05) is 13.0 Å². The molecule has 0 aromatic carbocycles. The number of thiophene rings is 1. The number of hydrogen-bond donors (Lipinski definition) is 2. The molecule has 17 heavy (non-hydrogen) atoms. The fourth-order valence-electron chi connectivity index (χ4n) is 1.86. The molecule has 0 fully saturated rings. The predicted molar refractivity (Wildman–Crippen MR) is 68.3 cm³/mol. The van der Waals surface area contributed by atoms with Crippen molar-refractivity contribution in [2.75, 3.05) is 5.32 Å². The quantitative estimate of drug-likeness (QED) is 0.692. The number of aromatic nitrogens is 3. The smallest absolute Gasteiger partial charge is 0.222 e. The summed E-state index contributed by atoms with van der Waals surface area (Å²) in [5.74, 6) is 0.454. The fourth-order valence-corrected chi connectivity index (χ4v) is 2.98. The molecule has 3 heterocycles. The number of carbonyl (C=O) groups is 1. The molecule has 5 nitrogen and oxygen atoms in total. The summed E-state index contributed by atoms with van der Waals surface area (Å²) >= 11 is 1.53. The molecule has 2 N–H and O–H groups in total. The molecule has 0 radical (unpaired) electrons. The number of aromatic amines is 1. The lowest BCUT2D eigenvalue weighted by atomic mass is 10.2. The number of nitrogens with zero attached hydrogens (tertiary/aromatic N) is 2. The molecular weight excluding hydrogens is 236 g/mol. The number of amides is 1. The van der Waals surface area contributed by atoms with Crippen LogP contribution < -0.4 is 5.32 Å². The van der Waals surface area contributed by atoms with Gasteiger partial charge in [0.1, 0.15) is 4.83 Å². The van der Waals surface area contributed by atoms with Crippen molar-refractivity contribution in [3.63, 3.8) is 0 Å². The van der Waals surface area contributed by atoms with E-state index in [0.717, 1.165) is 26.0 Å². The van der Waals surface area contributed by atoms with Crippen molar-refractivity contribution >= 4 is 43.5 Å². The SMILES string of the molecule is CC(=O)Nc1n[nH]c2c1sc1nccc(C)c12. The summed E-state index contributed by atoms with van der Waals surface area (Å²) in [7, 11) is 0. The molecule has 86 valence electrons. The van der Waals surface area contributed by atoms with E-state index in [1.165, 1.54) is 18.3 Å². The van der Waals surface area contributed by atoms with Gasteiger partial charge in [0.2, 0.25) is 5.91 Å². The van der Waals surface area contributed by atoms with E-state index in [2.05, 4.69) is 20.5 Å². The number of aryl methyl sites for hydroxylation is 1. The normalized spacial score (nSPS) is 11.2. The van der Waals surface area contributed by atoms with Crippen molar-refractivity contribution in [1.29, 1.82) is 0 Å². The van der Waals surface area contributed by atoms with Crippen molar-refractivity contribution in [2.24, 2.45) is 0 Å². The number of nitrogens with one attached hydrogen (secondary N) is 2. The molecule has 3 aromatic rings. The Kier molecular flexibility index (Phi) is 2.12. The van der Waals surface area contributed by atoms with Gasteiger partial charge in [-0.15, -0.1) is 11.3 Å². The maximum Gasteiger partial charge on any atom is 0.222 e. The zero-order valence-corrected chi connectivity index (χ0v) is 10.2. The van der Waals surface area contributed by atoms with Crippen LogP contribution >= 0.6 is 11.3 Å². The van der Waals surface area contributed by atoms with E-state index in [4.69, 9.17) is 0 Å². The Morgan fingerprint density at radius 3 is 3.12 bits per heavy atom. The van der Waals surface area contributed by atoms with Crippen LogP contribution in [-0.4, -0.2) is 21.1 Å². The highest BCUT2D eigenvalue weighted by Crippen LogP contribution is 2.36. The average Bonchev–Trinajstić information content (AvgIpc) is 2.78. The number of pyridine rings is 1. The standard InChI is InChI=1S/C11H10N4OS/c1-5-3-4-12-11-7(5)8-9(17-11)10(15-14-8)13-6(2)16/h3-4H,1-2H3,(H2,13,14,15,16). The van der Waals surface area contributed by atoms with Gasteiger partial charge in [0.05, 0.1) is 10.2 Å². The molecule has 0 saturated heterocycles. The monoisotopic (exact) mass is 246 g/mol. The van der Waals surface area contributed by atoms with Crippen LogP contribution in [0.15, 0.2) is 12.3 Å². The summed E-state index contributed by atoms with van der Waals surface area (Å²) in [6, 6.07) is 1.97. The minimum Gasteiger partial charge on any atom is -0.308 e. The topological polar surface area (TPSA) is 70.7 Å². The zero-order valence-electron chi connectivity index (χ0n) is 9.37. The van der Waals surface area contributed by atoms with E-state index >= 15 is 0 Å². The van der Waals surface area contributed by atoms with Crippen LogP contribution in [0.3, 0.4) is 0 Å². The molecule has 0 aliphatic heterocycles. The third kappa shape index (κ3) is 1.49. The second-order valence-electron chi connectivity index (χ2n) is 3.87. The molecule has 3 rings (SSSR count). The van der Waals surface area contributed by atoms with Gasteiger partial charge in [-0.25, -0.2) is 4.98 Å². The van der Waals surface area contributed by atoms with E-state index in [-0.39, 0.29) is 5.91 Å². The van der Waals surface area contributed by atoms with Crippen molar-refractivity contribution in [2.45, 2.75) is 13.8 Å². The van der Waals surface area contributed by atoms with Gasteiger partial charge in [-0.1, -0.05) is 0 Å². The second kappa shape index (κ2) is 3.53. The van der Waals surface area contributed by atoms with Gasteiger partial charge in [-0.3, -0.25) is 9.89 Å². The van der Waals surface area contributed by atoms with Crippen LogP contribution in [0.1, 0.15) is 12.5 Å². The van der Waals surface area contributed by atoms with Crippen LogP contribution in [0.25, 0.3) is 20.4 Å². The molecule has 6 heteroatoms. The summed E-state index contributed by atoms with van der Waals surface area (Å²) in [5, 5.41) is 10.9. The highest BCUT2D eigenvalue weighted by atomic mass is 32.1. The van der Waals surface area contributed by atoms with Gasteiger partial charge in [0.15, 0.2) is 5.82 Å². The number of H-pyrrole nitrogens is 1. The summed E-state index contributed by atoms with van der Waals surface area (Å²) < 4.78 is 0.942. The van der Waals surface area contributed by atoms with Crippen LogP contribution in [0.5, 0.6) is 0 Å². The van der Waals surface area contributed by atoms with Gasteiger partial charge in [-0.2, -0.15) is 5.10 Å². The fraction of sp³-hybridized carbons (Fsp3) is 0.182. The number of hydrogen-bond acceptors (Lipinski definition) is 4. The van der Waals surface area contributed by atoms with Crippen LogP contribution in [0.4, 0.5) is 5.82 Å². The molecular formula is C11H10N4OS. The Labute approximate surface area is 101 Å². The Morgan fingerprint density at radius 1 is 1.53 bits per heavy atom. The maximum absolute atomic E-state index is 11.1. The maximum atomic E-state index is 11.1. The molecule has 0 aliphatic carbocycles. The molecule has 0 atom stereocenters. The number of carbonyl (C=O) groups excluding carboxylic acids is 1. The Morgan fingerprint density at radius 2 is 2.35 bits per heavy atom. The lowest BCUT2D eigenvalue weighted by molar-refractivity contribution is -0.114. The first-order chi connectivity index (χ1) is 8.16. The van der Waals surface area contributed by atoms with E-state index in [9.17, 15) is 4.79 Å². The highest BCUT2D eigenvalue weighted by molar-refractivity contribution is 7.26. The Hall–Kier alpha value is -1.95.